The molecule has 0 radical (unpaired) electrons. The van der Waals surface area contributed by atoms with Gasteiger partial charge in [-0.1, -0.05) is 38.1 Å². The molecule has 2 rings (SSSR count). The van der Waals surface area contributed by atoms with Crippen molar-refractivity contribution >= 4 is 5.96 Å². The summed E-state index contributed by atoms with van der Waals surface area (Å²) in [5.41, 5.74) is 2.08. The first kappa shape index (κ1) is 17.8. The van der Waals surface area contributed by atoms with Crippen molar-refractivity contribution in [1.29, 1.82) is 0 Å². The van der Waals surface area contributed by atoms with Gasteiger partial charge in [-0.15, -0.1) is 0 Å². The van der Waals surface area contributed by atoms with Crippen LogP contribution in [0.3, 0.4) is 0 Å². The average Bonchev–Trinajstić information content (AvgIpc) is 2.61. The lowest BCUT2D eigenvalue weighted by molar-refractivity contribution is 0.268. The lowest BCUT2D eigenvalue weighted by atomic mass is 10.2. The molecule has 0 bridgehead atoms. The Bertz CT molecular complexity index is 641. The van der Waals surface area contributed by atoms with Gasteiger partial charge in [0.2, 0.25) is 0 Å². The summed E-state index contributed by atoms with van der Waals surface area (Å²) >= 11 is 0. The van der Waals surface area contributed by atoms with Crippen molar-refractivity contribution in [2.45, 2.75) is 26.9 Å². The Kier molecular flexibility index (Phi) is 7.08. The van der Waals surface area contributed by atoms with E-state index in [-0.39, 0.29) is 0 Å². The van der Waals surface area contributed by atoms with Crippen LogP contribution in [0.1, 0.15) is 25.1 Å². The van der Waals surface area contributed by atoms with Crippen LogP contribution in [0, 0.1) is 5.92 Å². The molecule has 1 aromatic heterocycles. The smallest absolute Gasteiger partial charge is 0.191 e. The number of guanidine groups is 1. The van der Waals surface area contributed by atoms with Crippen molar-refractivity contribution in [1.82, 2.24) is 15.6 Å². The summed E-state index contributed by atoms with van der Waals surface area (Å²) in [5, 5.41) is 6.58. The zero-order valence-electron chi connectivity index (χ0n) is 14.6. The second-order valence-corrected chi connectivity index (χ2v) is 5.91. The SMILES string of the molecule is CN=C(NCc1ccccn1)NCc1ccccc1OCC(C)C. The maximum absolute atomic E-state index is 5.88. The molecule has 0 spiro atoms. The topological polar surface area (TPSA) is 58.5 Å². The molecule has 24 heavy (non-hydrogen) atoms. The molecule has 2 aromatic rings. The quantitative estimate of drug-likeness (QED) is 0.607. The van der Waals surface area contributed by atoms with Crippen molar-refractivity contribution in [2.75, 3.05) is 13.7 Å². The summed E-state index contributed by atoms with van der Waals surface area (Å²) in [6.07, 6.45) is 1.79. The fourth-order valence-corrected chi connectivity index (χ4v) is 2.12. The number of pyridine rings is 1. The molecule has 1 heterocycles. The lowest BCUT2D eigenvalue weighted by Gasteiger charge is -2.15. The number of rotatable bonds is 7. The highest BCUT2D eigenvalue weighted by molar-refractivity contribution is 5.79. The highest BCUT2D eigenvalue weighted by Crippen LogP contribution is 2.18. The molecule has 0 unspecified atom stereocenters. The van der Waals surface area contributed by atoms with Gasteiger partial charge in [-0.05, 0) is 24.1 Å². The van der Waals surface area contributed by atoms with E-state index in [0.717, 1.165) is 23.0 Å². The third kappa shape index (κ3) is 5.91. The van der Waals surface area contributed by atoms with E-state index in [2.05, 4.69) is 40.5 Å². The molecule has 5 heteroatoms. The number of benzene rings is 1. The molecular weight excluding hydrogens is 300 g/mol. The highest BCUT2D eigenvalue weighted by Gasteiger charge is 2.05. The van der Waals surface area contributed by atoms with Gasteiger partial charge in [-0.2, -0.15) is 0 Å². The molecule has 0 aliphatic heterocycles. The van der Waals surface area contributed by atoms with Crippen molar-refractivity contribution in [2.24, 2.45) is 10.9 Å². The first-order valence-corrected chi connectivity index (χ1v) is 8.24. The first-order chi connectivity index (χ1) is 11.7. The van der Waals surface area contributed by atoms with Crippen molar-refractivity contribution in [3.8, 4) is 5.75 Å². The van der Waals surface area contributed by atoms with Gasteiger partial charge < -0.3 is 15.4 Å². The molecule has 0 amide bonds. The van der Waals surface area contributed by atoms with Crippen LogP contribution in [-0.2, 0) is 13.1 Å². The van der Waals surface area contributed by atoms with Crippen LogP contribution in [0.2, 0.25) is 0 Å². The Hall–Kier alpha value is -2.56. The summed E-state index contributed by atoms with van der Waals surface area (Å²) in [6, 6.07) is 13.9. The number of aromatic nitrogens is 1. The minimum atomic E-state index is 0.499. The van der Waals surface area contributed by atoms with E-state index in [4.69, 9.17) is 4.74 Å². The predicted molar refractivity (Wildman–Crippen MR) is 98.1 cm³/mol. The molecular formula is C19H26N4O. The van der Waals surface area contributed by atoms with Gasteiger partial charge in [0, 0.05) is 25.4 Å². The van der Waals surface area contributed by atoms with Crippen LogP contribution in [0.15, 0.2) is 53.7 Å². The van der Waals surface area contributed by atoms with Crippen molar-refractivity contribution < 1.29 is 4.74 Å². The number of nitrogens with zero attached hydrogens (tertiary/aromatic N) is 2. The van der Waals surface area contributed by atoms with E-state index in [1.807, 2.05) is 36.4 Å². The van der Waals surface area contributed by atoms with E-state index in [1.54, 1.807) is 13.2 Å². The monoisotopic (exact) mass is 326 g/mol. The molecule has 0 aliphatic carbocycles. The standard InChI is InChI=1S/C19H26N4O/c1-15(2)14-24-18-10-5-4-8-16(18)12-22-19(20-3)23-13-17-9-6-7-11-21-17/h4-11,15H,12-14H2,1-3H3,(H2,20,22,23). The largest absolute Gasteiger partial charge is 0.493 e. The van der Waals surface area contributed by atoms with Gasteiger partial charge in [0.25, 0.3) is 0 Å². The maximum atomic E-state index is 5.88. The van der Waals surface area contributed by atoms with Crippen LogP contribution in [-0.4, -0.2) is 24.6 Å². The van der Waals surface area contributed by atoms with E-state index < -0.39 is 0 Å². The summed E-state index contributed by atoms with van der Waals surface area (Å²) in [6.45, 7) is 6.28. The van der Waals surface area contributed by atoms with Gasteiger partial charge in [-0.3, -0.25) is 9.98 Å². The number of para-hydroxylation sites is 1. The van der Waals surface area contributed by atoms with Gasteiger partial charge in [0.05, 0.1) is 18.8 Å². The molecule has 0 atom stereocenters. The third-order valence-corrected chi connectivity index (χ3v) is 3.38. The Labute approximate surface area is 144 Å². The number of hydrogen-bond acceptors (Lipinski definition) is 3. The Morgan fingerprint density at radius 3 is 2.54 bits per heavy atom. The van der Waals surface area contributed by atoms with Gasteiger partial charge in [-0.25, -0.2) is 0 Å². The van der Waals surface area contributed by atoms with E-state index in [0.29, 0.717) is 25.6 Å². The molecule has 0 saturated heterocycles. The molecule has 2 N–H and O–H groups in total. The van der Waals surface area contributed by atoms with Crippen LogP contribution < -0.4 is 15.4 Å². The molecule has 0 fully saturated rings. The van der Waals surface area contributed by atoms with Crippen LogP contribution >= 0.6 is 0 Å². The van der Waals surface area contributed by atoms with Gasteiger partial charge in [0.1, 0.15) is 5.75 Å². The number of ether oxygens (including phenoxy) is 1. The summed E-state index contributed by atoms with van der Waals surface area (Å²) in [4.78, 5) is 8.54. The fraction of sp³-hybridized carbons (Fsp3) is 0.368. The van der Waals surface area contributed by atoms with Crippen molar-refractivity contribution in [3.05, 3.63) is 59.9 Å². The molecule has 1 aromatic carbocycles. The minimum Gasteiger partial charge on any atom is -0.493 e. The van der Waals surface area contributed by atoms with E-state index in [1.165, 1.54) is 0 Å². The third-order valence-electron chi connectivity index (χ3n) is 3.38. The van der Waals surface area contributed by atoms with Crippen LogP contribution in [0.4, 0.5) is 0 Å². The number of hydrogen-bond donors (Lipinski definition) is 2. The Morgan fingerprint density at radius 1 is 1.08 bits per heavy atom. The van der Waals surface area contributed by atoms with Crippen LogP contribution in [0.25, 0.3) is 0 Å². The second-order valence-electron chi connectivity index (χ2n) is 5.91. The number of nitrogens with one attached hydrogen (secondary N) is 2. The number of aliphatic imine (C=N–C) groups is 1. The summed E-state index contributed by atoms with van der Waals surface area (Å²) in [5.74, 6) is 2.15. The van der Waals surface area contributed by atoms with Gasteiger partial charge >= 0.3 is 0 Å². The Balaban J connectivity index is 1.89. The molecule has 128 valence electrons. The van der Waals surface area contributed by atoms with E-state index in [9.17, 15) is 0 Å². The maximum Gasteiger partial charge on any atom is 0.191 e. The van der Waals surface area contributed by atoms with Gasteiger partial charge in [0.15, 0.2) is 5.96 Å². The zero-order valence-corrected chi connectivity index (χ0v) is 14.6. The average molecular weight is 326 g/mol. The van der Waals surface area contributed by atoms with Crippen LogP contribution in [0.5, 0.6) is 5.75 Å². The lowest BCUT2D eigenvalue weighted by Crippen LogP contribution is -2.36. The first-order valence-electron chi connectivity index (χ1n) is 8.24. The Morgan fingerprint density at radius 2 is 1.83 bits per heavy atom. The molecule has 0 aliphatic rings. The highest BCUT2D eigenvalue weighted by atomic mass is 16.5. The minimum absolute atomic E-state index is 0.499. The predicted octanol–water partition coefficient (Wildman–Crippen LogP) is 2.98. The molecule has 5 nitrogen and oxygen atoms in total. The second kappa shape index (κ2) is 9.55. The van der Waals surface area contributed by atoms with Crippen molar-refractivity contribution in [3.63, 3.8) is 0 Å². The fourth-order valence-electron chi connectivity index (χ4n) is 2.12. The zero-order chi connectivity index (χ0) is 17.2. The summed E-state index contributed by atoms with van der Waals surface area (Å²) < 4.78 is 5.88. The molecule has 0 saturated carbocycles. The summed E-state index contributed by atoms with van der Waals surface area (Å²) in [7, 11) is 1.76. The normalized spacial score (nSPS) is 11.4. The van der Waals surface area contributed by atoms with E-state index >= 15 is 0 Å².